The van der Waals surface area contributed by atoms with Gasteiger partial charge in [-0.05, 0) is 37.1 Å². The van der Waals surface area contributed by atoms with Gasteiger partial charge in [0.2, 0.25) is 15.9 Å². The van der Waals surface area contributed by atoms with Gasteiger partial charge in [0.25, 0.3) is 0 Å². The Morgan fingerprint density at radius 2 is 1.80 bits per heavy atom. The molecule has 0 aromatic heterocycles. The summed E-state index contributed by atoms with van der Waals surface area (Å²) in [6.07, 6.45) is 0.212. The van der Waals surface area contributed by atoms with E-state index < -0.39 is 22.0 Å². The van der Waals surface area contributed by atoms with Crippen LogP contribution in [0.3, 0.4) is 0 Å². The highest BCUT2D eigenvalue weighted by Gasteiger charge is 2.27. The summed E-state index contributed by atoms with van der Waals surface area (Å²) in [5.41, 5.74) is 0.832. The Bertz CT molecular complexity index is 842. The molecule has 0 saturated carbocycles. The molecular formula is C17H18Cl2N2O3S. The van der Waals surface area contributed by atoms with E-state index in [4.69, 9.17) is 23.2 Å². The monoisotopic (exact) mass is 400 g/mol. The van der Waals surface area contributed by atoms with Crippen LogP contribution in [0.2, 0.25) is 10.0 Å². The van der Waals surface area contributed by atoms with Crippen molar-refractivity contribution in [3.05, 3.63) is 64.1 Å². The fraction of sp³-hybridized carbons (Fsp3) is 0.235. The van der Waals surface area contributed by atoms with Gasteiger partial charge in [0.05, 0.1) is 5.02 Å². The van der Waals surface area contributed by atoms with Crippen LogP contribution in [0.25, 0.3) is 0 Å². The predicted molar refractivity (Wildman–Crippen MR) is 99.4 cm³/mol. The molecule has 0 aliphatic heterocycles. The first-order valence-electron chi connectivity index (χ1n) is 7.62. The molecule has 0 spiro atoms. The summed E-state index contributed by atoms with van der Waals surface area (Å²) in [6, 6.07) is 12.3. The number of rotatable bonds is 7. The van der Waals surface area contributed by atoms with Crippen molar-refractivity contribution in [2.45, 2.75) is 24.3 Å². The van der Waals surface area contributed by atoms with E-state index in [1.54, 1.807) is 6.92 Å². The first-order valence-corrected chi connectivity index (χ1v) is 9.86. The van der Waals surface area contributed by atoms with Crippen molar-refractivity contribution in [1.29, 1.82) is 0 Å². The van der Waals surface area contributed by atoms with E-state index in [2.05, 4.69) is 10.0 Å². The minimum atomic E-state index is -4.02. The molecule has 0 saturated heterocycles. The molecule has 134 valence electrons. The van der Waals surface area contributed by atoms with Crippen LogP contribution in [-0.4, -0.2) is 26.9 Å². The van der Waals surface area contributed by atoms with Gasteiger partial charge in [-0.15, -0.1) is 0 Å². The molecule has 0 fully saturated rings. The van der Waals surface area contributed by atoms with Crippen LogP contribution < -0.4 is 10.0 Å². The number of likely N-dealkylation sites (N-methyl/N-ethyl adjacent to an activating group) is 1. The fourth-order valence-corrected chi connectivity index (χ4v) is 4.23. The smallest absolute Gasteiger partial charge is 0.242 e. The Morgan fingerprint density at radius 1 is 1.12 bits per heavy atom. The standard InChI is InChI=1S/C17H18Cl2N2O3S/c1-2-20-17(22)15(10-12-6-4-3-5-7-12)21-25(23,24)16-11-13(18)8-9-14(16)19/h3-9,11,15,21H,2,10H2,1H3,(H,20,22)/t15-/m1/s1. The lowest BCUT2D eigenvalue weighted by Gasteiger charge is -2.19. The number of amides is 1. The zero-order chi connectivity index (χ0) is 18.4. The maximum absolute atomic E-state index is 12.7. The Kier molecular flexibility index (Phi) is 6.84. The number of nitrogens with one attached hydrogen (secondary N) is 2. The lowest BCUT2D eigenvalue weighted by atomic mass is 10.1. The molecule has 0 bridgehead atoms. The van der Waals surface area contributed by atoms with Crippen LogP contribution >= 0.6 is 23.2 Å². The molecule has 0 heterocycles. The molecule has 0 aliphatic rings. The van der Waals surface area contributed by atoms with Crippen molar-refractivity contribution in [2.24, 2.45) is 0 Å². The van der Waals surface area contributed by atoms with Crippen molar-refractivity contribution in [1.82, 2.24) is 10.0 Å². The average Bonchev–Trinajstić information content (AvgIpc) is 2.57. The van der Waals surface area contributed by atoms with E-state index in [1.165, 1.54) is 18.2 Å². The van der Waals surface area contributed by atoms with Gasteiger partial charge in [0.1, 0.15) is 10.9 Å². The van der Waals surface area contributed by atoms with Gasteiger partial charge in [-0.25, -0.2) is 8.42 Å². The molecule has 2 rings (SSSR count). The number of carbonyl (C=O) groups excluding carboxylic acids is 1. The van der Waals surface area contributed by atoms with Gasteiger partial charge in [-0.3, -0.25) is 4.79 Å². The lowest BCUT2D eigenvalue weighted by molar-refractivity contribution is -0.122. The minimum Gasteiger partial charge on any atom is -0.355 e. The van der Waals surface area contributed by atoms with Crippen molar-refractivity contribution in [2.75, 3.05) is 6.54 Å². The third-order valence-electron chi connectivity index (χ3n) is 3.43. The molecule has 0 unspecified atom stereocenters. The molecule has 0 aliphatic carbocycles. The Balaban J connectivity index is 2.31. The SMILES string of the molecule is CCNC(=O)[C@@H](Cc1ccccc1)NS(=O)(=O)c1cc(Cl)ccc1Cl. The highest BCUT2D eigenvalue weighted by molar-refractivity contribution is 7.89. The molecule has 25 heavy (non-hydrogen) atoms. The fourth-order valence-electron chi connectivity index (χ4n) is 2.27. The summed E-state index contributed by atoms with van der Waals surface area (Å²) in [5.74, 6) is -0.409. The number of hydrogen-bond acceptors (Lipinski definition) is 3. The molecule has 1 atom stereocenters. The van der Waals surface area contributed by atoms with Crippen LogP contribution in [0.15, 0.2) is 53.4 Å². The molecule has 1 amide bonds. The summed E-state index contributed by atoms with van der Waals surface area (Å²) in [6.45, 7) is 2.16. The molecule has 8 heteroatoms. The van der Waals surface area contributed by atoms with Crippen LogP contribution in [-0.2, 0) is 21.2 Å². The molecule has 2 N–H and O–H groups in total. The highest BCUT2D eigenvalue weighted by Crippen LogP contribution is 2.25. The van der Waals surface area contributed by atoms with Crippen molar-refractivity contribution in [3.8, 4) is 0 Å². The van der Waals surface area contributed by atoms with E-state index in [9.17, 15) is 13.2 Å². The quantitative estimate of drug-likeness (QED) is 0.749. The van der Waals surface area contributed by atoms with E-state index in [1.807, 2.05) is 30.3 Å². The molecule has 0 radical (unpaired) electrons. The van der Waals surface area contributed by atoms with E-state index in [-0.39, 0.29) is 21.4 Å². The first kappa shape index (κ1) is 19.7. The Hall–Kier alpha value is -1.60. The summed E-state index contributed by atoms with van der Waals surface area (Å²) >= 11 is 11.9. The first-order chi connectivity index (χ1) is 11.8. The lowest BCUT2D eigenvalue weighted by Crippen LogP contribution is -2.47. The van der Waals surface area contributed by atoms with Crippen LogP contribution in [0.5, 0.6) is 0 Å². The number of carbonyl (C=O) groups is 1. The minimum absolute atomic E-state index is 0.0336. The van der Waals surface area contributed by atoms with Crippen LogP contribution in [0, 0.1) is 0 Å². The van der Waals surface area contributed by atoms with Gasteiger partial charge < -0.3 is 5.32 Å². The zero-order valence-electron chi connectivity index (χ0n) is 13.5. The van der Waals surface area contributed by atoms with Gasteiger partial charge in [-0.2, -0.15) is 4.72 Å². The third-order valence-corrected chi connectivity index (χ3v) is 5.62. The number of benzene rings is 2. The van der Waals surface area contributed by atoms with E-state index in [0.29, 0.717) is 6.54 Å². The van der Waals surface area contributed by atoms with Crippen molar-refractivity contribution >= 4 is 39.1 Å². The van der Waals surface area contributed by atoms with Crippen molar-refractivity contribution < 1.29 is 13.2 Å². The molecule has 2 aromatic rings. The normalized spacial score (nSPS) is 12.6. The van der Waals surface area contributed by atoms with Gasteiger partial charge >= 0.3 is 0 Å². The molecule has 5 nitrogen and oxygen atoms in total. The largest absolute Gasteiger partial charge is 0.355 e. The summed E-state index contributed by atoms with van der Waals surface area (Å²) < 4.78 is 27.8. The topological polar surface area (TPSA) is 75.3 Å². The molecule has 2 aromatic carbocycles. The average molecular weight is 401 g/mol. The van der Waals surface area contributed by atoms with E-state index in [0.717, 1.165) is 5.56 Å². The maximum Gasteiger partial charge on any atom is 0.242 e. The predicted octanol–water partition coefficient (Wildman–Crippen LogP) is 3.02. The maximum atomic E-state index is 12.7. The van der Waals surface area contributed by atoms with Gasteiger partial charge in [0, 0.05) is 11.6 Å². The van der Waals surface area contributed by atoms with Crippen LogP contribution in [0.1, 0.15) is 12.5 Å². The van der Waals surface area contributed by atoms with Crippen molar-refractivity contribution in [3.63, 3.8) is 0 Å². The van der Waals surface area contributed by atoms with Gasteiger partial charge in [0.15, 0.2) is 0 Å². The summed E-state index contributed by atoms with van der Waals surface area (Å²) in [4.78, 5) is 12.1. The second kappa shape index (κ2) is 8.67. The highest BCUT2D eigenvalue weighted by atomic mass is 35.5. The summed E-state index contributed by atoms with van der Waals surface area (Å²) in [5, 5.41) is 2.91. The summed E-state index contributed by atoms with van der Waals surface area (Å²) in [7, 11) is -4.02. The number of halogens is 2. The third kappa shape index (κ3) is 5.44. The van der Waals surface area contributed by atoms with Gasteiger partial charge in [-0.1, -0.05) is 53.5 Å². The Morgan fingerprint density at radius 3 is 2.44 bits per heavy atom. The zero-order valence-corrected chi connectivity index (χ0v) is 15.8. The number of hydrogen-bond donors (Lipinski definition) is 2. The molecular weight excluding hydrogens is 383 g/mol. The second-order valence-electron chi connectivity index (χ2n) is 5.33. The van der Waals surface area contributed by atoms with E-state index >= 15 is 0 Å². The van der Waals surface area contributed by atoms with Crippen LogP contribution in [0.4, 0.5) is 0 Å². The second-order valence-corrected chi connectivity index (χ2v) is 7.86. The number of sulfonamides is 1. The Labute approximate surface area is 157 Å².